The number of hydrogen-bond donors (Lipinski definition) is 1. The standard InChI is InChI=1S/C13H18N2O2/c1-9-5-3-6-10(2)15(9)12-11(13(16)17)7-4-8-14-12/h4,7-10H,3,5-6H2,1-2H3,(H,16,17). The molecule has 1 aliphatic rings. The number of carboxylic acids is 1. The molecule has 0 amide bonds. The third kappa shape index (κ3) is 2.25. The summed E-state index contributed by atoms with van der Waals surface area (Å²) in [5, 5.41) is 9.20. The van der Waals surface area contributed by atoms with Crippen LogP contribution >= 0.6 is 0 Å². The molecule has 2 heterocycles. The average Bonchev–Trinajstić information content (AvgIpc) is 2.29. The SMILES string of the molecule is CC1CCCC(C)N1c1ncccc1C(=O)O. The van der Waals surface area contributed by atoms with Crippen molar-refractivity contribution in [2.24, 2.45) is 0 Å². The minimum atomic E-state index is -0.905. The number of rotatable bonds is 2. The summed E-state index contributed by atoms with van der Waals surface area (Å²) in [7, 11) is 0. The van der Waals surface area contributed by atoms with E-state index in [1.54, 1.807) is 18.3 Å². The van der Waals surface area contributed by atoms with Gasteiger partial charge in [-0.25, -0.2) is 9.78 Å². The Morgan fingerprint density at radius 1 is 1.41 bits per heavy atom. The molecule has 0 aliphatic carbocycles. The number of nitrogens with zero attached hydrogens (tertiary/aromatic N) is 2. The second-order valence-corrected chi connectivity index (χ2v) is 4.72. The maximum absolute atomic E-state index is 11.2. The lowest BCUT2D eigenvalue weighted by molar-refractivity contribution is 0.0697. The van der Waals surface area contributed by atoms with Crippen LogP contribution in [0.1, 0.15) is 43.5 Å². The van der Waals surface area contributed by atoms with E-state index < -0.39 is 5.97 Å². The molecule has 4 nitrogen and oxygen atoms in total. The van der Waals surface area contributed by atoms with E-state index in [1.165, 1.54) is 6.42 Å². The van der Waals surface area contributed by atoms with Crippen LogP contribution in [0.3, 0.4) is 0 Å². The molecule has 1 fully saturated rings. The van der Waals surface area contributed by atoms with Crippen LogP contribution in [0.5, 0.6) is 0 Å². The van der Waals surface area contributed by atoms with Gasteiger partial charge in [0.25, 0.3) is 0 Å². The zero-order chi connectivity index (χ0) is 12.4. The van der Waals surface area contributed by atoms with Crippen LogP contribution in [-0.2, 0) is 0 Å². The summed E-state index contributed by atoms with van der Waals surface area (Å²) in [6, 6.07) is 4.00. The zero-order valence-electron chi connectivity index (χ0n) is 10.3. The lowest BCUT2D eigenvalue weighted by atomic mass is 9.97. The summed E-state index contributed by atoms with van der Waals surface area (Å²) in [5.74, 6) is -0.294. The van der Waals surface area contributed by atoms with Crippen molar-refractivity contribution in [3.05, 3.63) is 23.9 Å². The quantitative estimate of drug-likeness (QED) is 0.854. The van der Waals surface area contributed by atoms with Crippen LogP contribution in [-0.4, -0.2) is 28.1 Å². The highest BCUT2D eigenvalue weighted by Crippen LogP contribution is 2.29. The van der Waals surface area contributed by atoms with E-state index in [4.69, 9.17) is 0 Å². The molecule has 0 saturated carbocycles. The van der Waals surface area contributed by atoms with E-state index in [0.717, 1.165) is 12.8 Å². The normalized spacial score (nSPS) is 24.7. The highest BCUT2D eigenvalue weighted by atomic mass is 16.4. The van der Waals surface area contributed by atoms with Crippen molar-refractivity contribution in [1.82, 2.24) is 4.98 Å². The van der Waals surface area contributed by atoms with E-state index >= 15 is 0 Å². The van der Waals surface area contributed by atoms with E-state index in [0.29, 0.717) is 23.5 Å². The molecule has 0 aromatic carbocycles. The van der Waals surface area contributed by atoms with Crippen LogP contribution in [0.2, 0.25) is 0 Å². The zero-order valence-corrected chi connectivity index (χ0v) is 10.3. The molecule has 0 radical (unpaired) electrons. The smallest absolute Gasteiger partial charge is 0.339 e. The molecule has 2 rings (SSSR count). The van der Waals surface area contributed by atoms with E-state index in [9.17, 15) is 9.90 Å². The molecular formula is C13H18N2O2. The number of pyridine rings is 1. The largest absolute Gasteiger partial charge is 0.478 e. The number of carboxylic acid groups (broad SMARTS) is 1. The first-order chi connectivity index (χ1) is 8.11. The molecule has 17 heavy (non-hydrogen) atoms. The van der Waals surface area contributed by atoms with Crippen molar-refractivity contribution in [3.63, 3.8) is 0 Å². The Morgan fingerprint density at radius 3 is 2.65 bits per heavy atom. The summed E-state index contributed by atoms with van der Waals surface area (Å²) in [4.78, 5) is 17.6. The lowest BCUT2D eigenvalue weighted by Crippen LogP contribution is -2.45. The van der Waals surface area contributed by atoms with Crippen molar-refractivity contribution in [3.8, 4) is 0 Å². The van der Waals surface area contributed by atoms with Gasteiger partial charge in [0.05, 0.1) is 0 Å². The van der Waals surface area contributed by atoms with Gasteiger partial charge in [0, 0.05) is 18.3 Å². The maximum Gasteiger partial charge on any atom is 0.339 e. The Labute approximate surface area is 101 Å². The molecule has 1 saturated heterocycles. The highest BCUT2D eigenvalue weighted by Gasteiger charge is 2.28. The number of hydrogen-bond acceptors (Lipinski definition) is 3. The van der Waals surface area contributed by atoms with Crippen molar-refractivity contribution >= 4 is 11.8 Å². The summed E-state index contributed by atoms with van der Waals surface area (Å²) < 4.78 is 0. The summed E-state index contributed by atoms with van der Waals surface area (Å²) in [6.45, 7) is 4.27. The van der Waals surface area contributed by atoms with Crippen LogP contribution in [0.25, 0.3) is 0 Å². The Hall–Kier alpha value is -1.58. The fourth-order valence-electron chi connectivity index (χ4n) is 2.61. The van der Waals surface area contributed by atoms with Gasteiger partial charge in [-0.3, -0.25) is 0 Å². The fraction of sp³-hybridized carbons (Fsp3) is 0.538. The van der Waals surface area contributed by atoms with Crippen molar-refractivity contribution in [2.75, 3.05) is 4.90 Å². The third-order valence-corrected chi connectivity index (χ3v) is 3.46. The minimum absolute atomic E-state index is 0.299. The van der Waals surface area contributed by atoms with Gasteiger partial charge in [-0.1, -0.05) is 0 Å². The molecular weight excluding hydrogens is 216 g/mol. The molecule has 0 bridgehead atoms. The monoisotopic (exact) mass is 234 g/mol. The van der Waals surface area contributed by atoms with E-state index in [1.807, 2.05) is 0 Å². The predicted molar refractivity (Wildman–Crippen MR) is 66.5 cm³/mol. The number of piperidine rings is 1. The predicted octanol–water partition coefficient (Wildman–Crippen LogP) is 2.55. The van der Waals surface area contributed by atoms with Gasteiger partial charge in [0.15, 0.2) is 0 Å². The first-order valence-electron chi connectivity index (χ1n) is 6.08. The number of anilines is 1. The third-order valence-electron chi connectivity index (χ3n) is 3.46. The van der Waals surface area contributed by atoms with E-state index in [-0.39, 0.29) is 0 Å². The minimum Gasteiger partial charge on any atom is -0.478 e. The molecule has 1 aliphatic heterocycles. The molecule has 4 heteroatoms. The van der Waals surface area contributed by atoms with Gasteiger partial charge in [-0.15, -0.1) is 0 Å². The number of aromatic carboxylic acids is 1. The molecule has 2 atom stereocenters. The Morgan fingerprint density at radius 2 is 2.06 bits per heavy atom. The summed E-state index contributed by atoms with van der Waals surface area (Å²) >= 11 is 0. The Kier molecular flexibility index (Phi) is 3.31. The molecule has 2 unspecified atom stereocenters. The fourth-order valence-corrected chi connectivity index (χ4v) is 2.61. The molecule has 1 aromatic heterocycles. The topological polar surface area (TPSA) is 53.4 Å². The first-order valence-corrected chi connectivity index (χ1v) is 6.08. The first kappa shape index (κ1) is 11.9. The average molecular weight is 234 g/mol. The Bertz CT molecular complexity index is 410. The van der Waals surface area contributed by atoms with E-state index in [2.05, 4.69) is 23.7 Å². The van der Waals surface area contributed by atoms with Gasteiger partial charge in [0.1, 0.15) is 11.4 Å². The number of carbonyl (C=O) groups is 1. The number of aromatic nitrogens is 1. The van der Waals surface area contributed by atoms with Gasteiger partial charge >= 0.3 is 5.97 Å². The van der Waals surface area contributed by atoms with Gasteiger partial charge in [0.2, 0.25) is 0 Å². The Balaban J connectivity index is 2.41. The van der Waals surface area contributed by atoms with Gasteiger partial charge in [-0.2, -0.15) is 0 Å². The molecule has 0 spiro atoms. The second kappa shape index (κ2) is 4.73. The maximum atomic E-state index is 11.2. The van der Waals surface area contributed by atoms with Crippen LogP contribution in [0.4, 0.5) is 5.82 Å². The van der Waals surface area contributed by atoms with Gasteiger partial charge in [-0.05, 0) is 45.2 Å². The highest BCUT2D eigenvalue weighted by molar-refractivity contribution is 5.93. The van der Waals surface area contributed by atoms with Crippen LogP contribution < -0.4 is 4.90 Å². The van der Waals surface area contributed by atoms with Crippen molar-refractivity contribution in [2.45, 2.75) is 45.2 Å². The van der Waals surface area contributed by atoms with Crippen LogP contribution in [0.15, 0.2) is 18.3 Å². The summed E-state index contributed by atoms with van der Waals surface area (Å²) in [6.07, 6.45) is 5.06. The lowest BCUT2D eigenvalue weighted by Gasteiger charge is -2.40. The van der Waals surface area contributed by atoms with Crippen LogP contribution in [0, 0.1) is 0 Å². The van der Waals surface area contributed by atoms with Crippen molar-refractivity contribution in [1.29, 1.82) is 0 Å². The summed E-state index contributed by atoms with van der Waals surface area (Å²) in [5.41, 5.74) is 0.299. The molecule has 92 valence electrons. The van der Waals surface area contributed by atoms with Crippen molar-refractivity contribution < 1.29 is 9.90 Å². The van der Waals surface area contributed by atoms with Gasteiger partial charge < -0.3 is 10.0 Å². The second-order valence-electron chi connectivity index (χ2n) is 4.72. The molecule has 1 aromatic rings. The molecule has 1 N–H and O–H groups in total.